The van der Waals surface area contributed by atoms with Crippen molar-refractivity contribution in [3.05, 3.63) is 12.0 Å². The summed E-state index contributed by atoms with van der Waals surface area (Å²) in [6.07, 6.45) is 1.37. The molecule has 0 bridgehead atoms. The fourth-order valence-corrected chi connectivity index (χ4v) is 1.92. The first-order valence-electron chi connectivity index (χ1n) is 5.29. The number of piperidine rings is 1. The topological polar surface area (TPSA) is 75.3 Å². The van der Waals surface area contributed by atoms with Crippen LogP contribution in [0.1, 0.15) is 13.3 Å². The monoisotopic (exact) mass is 226 g/mol. The third-order valence-corrected chi connectivity index (χ3v) is 2.90. The molecule has 1 aliphatic heterocycles. The number of rotatable bonds is 1. The van der Waals surface area contributed by atoms with Gasteiger partial charge in [0.1, 0.15) is 0 Å². The van der Waals surface area contributed by atoms with E-state index in [-0.39, 0.29) is 23.8 Å². The molecular weight excluding hydrogens is 211 g/mol. The number of aliphatic hydroxyl groups is 1. The molecule has 2 heterocycles. The van der Waals surface area contributed by atoms with E-state index in [1.807, 2.05) is 6.92 Å². The van der Waals surface area contributed by atoms with E-state index in [0.717, 1.165) is 6.20 Å². The molecule has 2 rings (SSSR count). The van der Waals surface area contributed by atoms with Crippen LogP contribution in [0.25, 0.3) is 0 Å². The van der Waals surface area contributed by atoms with Crippen LogP contribution >= 0.6 is 0 Å². The van der Waals surface area contributed by atoms with E-state index >= 15 is 0 Å². The number of hydrogen-bond acceptors (Lipinski definition) is 5. The fourth-order valence-electron chi connectivity index (χ4n) is 1.92. The SMILES string of the molecule is CC1CN(c2nc(N)ncc2F)CCC1O. The van der Waals surface area contributed by atoms with Gasteiger partial charge in [0.2, 0.25) is 5.95 Å². The summed E-state index contributed by atoms with van der Waals surface area (Å²) in [5.74, 6) is -0.0800. The van der Waals surface area contributed by atoms with Crippen molar-refractivity contribution >= 4 is 11.8 Å². The first kappa shape index (κ1) is 11.1. The lowest BCUT2D eigenvalue weighted by Gasteiger charge is -2.35. The molecule has 5 nitrogen and oxygen atoms in total. The maximum absolute atomic E-state index is 13.5. The third kappa shape index (κ3) is 2.06. The second-order valence-electron chi connectivity index (χ2n) is 4.18. The number of nitrogens with zero attached hydrogens (tertiary/aromatic N) is 3. The van der Waals surface area contributed by atoms with Crippen LogP contribution in [-0.2, 0) is 0 Å². The lowest BCUT2D eigenvalue weighted by molar-refractivity contribution is 0.0966. The molecule has 1 aliphatic rings. The number of hydrogen-bond donors (Lipinski definition) is 2. The van der Waals surface area contributed by atoms with E-state index in [1.165, 1.54) is 0 Å². The van der Waals surface area contributed by atoms with Crippen LogP contribution in [0.2, 0.25) is 0 Å². The summed E-state index contributed by atoms with van der Waals surface area (Å²) in [7, 11) is 0. The van der Waals surface area contributed by atoms with Crippen LogP contribution in [-0.4, -0.2) is 34.3 Å². The Morgan fingerprint density at radius 3 is 3.06 bits per heavy atom. The lowest BCUT2D eigenvalue weighted by Crippen LogP contribution is -2.42. The minimum Gasteiger partial charge on any atom is -0.393 e. The van der Waals surface area contributed by atoms with Crippen LogP contribution in [0.15, 0.2) is 6.20 Å². The second kappa shape index (κ2) is 4.21. The number of anilines is 2. The highest BCUT2D eigenvalue weighted by Gasteiger charge is 2.26. The zero-order valence-corrected chi connectivity index (χ0v) is 9.10. The van der Waals surface area contributed by atoms with E-state index in [4.69, 9.17) is 5.73 Å². The third-order valence-electron chi connectivity index (χ3n) is 2.90. The van der Waals surface area contributed by atoms with Gasteiger partial charge in [-0.1, -0.05) is 6.92 Å². The Labute approximate surface area is 93.1 Å². The van der Waals surface area contributed by atoms with Gasteiger partial charge in [0.05, 0.1) is 12.3 Å². The van der Waals surface area contributed by atoms with Crippen LogP contribution < -0.4 is 10.6 Å². The van der Waals surface area contributed by atoms with Gasteiger partial charge in [0.25, 0.3) is 0 Å². The molecule has 2 atom stereocenters. The molecule has 0 spiro atoms. The molecule has 0 amide bonds. The Morgan fingerprint density at radius 2 is 2.38 bits per heavy atom. The summed E-state index contributed by atoms with van der Waals surface area (Å²) >= 11 is 0. The normalized spacial score (nSPS) is 25.8. The predicted molar refractivity (Wildman–Crippen MR) is 58.4 cm³/mol. The Kier molecular flexibility index (Phi) is 2.91. The van der Waals surface area contributed by atoms with Crippen molar-refractivity contribution in [3.63, 3.8) is 0 Å². The molecule has 6 heteroatoms. The predicted octanol–water partition coefficient (Wildman–Crippen LogP) is 0.405. The number of nitrogens with two attached hydrogens (primary N) is 1. The molecule has 0 aliphatic carbocycles. The van der Waals surface area contributed by atoms with E-state index in [1.54, 1.807) is 4.90 Å². The molecular formula is C10H15FN4O. The highest BCUT2D eigenvalue weighted by molar-refractivity contribution is 5.43. The Bertz CT molecular complexity index is 387. The zero-order chi connectivity index (χ0) is 11.7. The first-order chi connectivity index (χ1) is 7.58. The summed E-state index contributed by atoms with van der Waals surface area (Å²) < 4.78 is 13.5. The standard InChI is InChI=1S/C10H15FN4O/c1-6-5-15(3-2-8(6)16)9-7(11)4-13-10(12)14-9/h4,6,8,16H,2-3,5H2,1H3,(H2,12,13,14). The summed E-state index contributed by atoms with van der Waals surface area (Å²) in [6, 6.07) is 0. The second-order valence-corrected chi connectivity index (χ2v) is 4.18. The maximum Gasteiger partial charge on any atom is 0.222 e. The Hall–Kier alpha value is -1.43. The van der Waals surface area contributed by atoms with Gasteiger partial charge in [-0.2, -0.15) is 4.98 Å². The van der Waals surface area contributed by atoms with Gasteiger partial charge in [-0.05, 0) is 12.3 Å². The number of halogens is 1. The van der Waals surface area contributed by atoms with Crippen molar-refractivity contribution in [1.29, 1.82) is 0 Å². The number of nitrogen functional groups attached to an aromatic ring is 1. The van der Waals surface area contributed by atoms with Gasteiger partial charge in [-0.3, -0.25) is 0 Å². The first-order valence-corrected chi connectivity index (χ1v) is 5.29. The van der Waals surface area contributed by atoms with Gasteiger partial charge in [0, 0.05) is 13.1 Å². The van der Waals surface area contributed by atoms with Gasteiger partial charge in [0.15, 0.2) is 11.6 Å². The van der Waals surface area contributed by atoms with Crippen LogP contribution in [0.5, 0.6) is 0 Å². The smallest absolute Gasteiger partial charge is 0.222 e. The minimum atomic E-state index is -0.474. The summed E-state index contributed by atoms with van der Waals surface area (Å²) in [5.41, 5.74) is 5.43. The maximum atomic E-state index is 13.5. The number of aromatic nitrogens is 2. The minimum absolute atomic E-state index is 0.0650. The Balaban J connectivity index is 2.21. The molecule has 0 saturated carbocycles. The van der Waals surface area contributed by atoms with Gasteiger partial charge >= 0.3 is 0 Å². The van der Waals surface area contributed by atoms with Crippen molar-refractivity contribution in [2.24, 2.45) is 5.92 Å². The molecule has 1 fully saturated rings. The average molecular weight is 226 g/mol. The number of aliphatic hydroxyl groups excluding tert-OH is 1. The van der Waals surface area contributed by atoms with Gasteiger partial charge in [-0.25, -0.2) is 9.37 Å². The van der Waals surface area contributed by atoms with Crippen LogP contribution in [0.3, 0.4) is 0 Å². The highest BCUT2D eigenvalue weighted by atomic mass is 19.1. The Morgan fingerprint density at radius 1 is 1.62 bits per heavy atom. The van der Waals surface area contributed by atoms with E-state index < -0.39 is 5.82 Å². The summed E-state index contributed by atoms with van der Waals surface area (Å²) in [6.45, 7) is 3.09. The molecule has 1 aromatic heterocycles. The van der Waals surface area contributed by atoms with Gasteiger partial charge in [-0.15, -0.1) is 0 Å². The quantitative estimate of drug-likeness (QED) is 0.725. The summed E-state index contributed by atoms with van der Waals surface area (Å²) in [4.78, 5) is 9.27. The largest absolute Gasteiger partial charge is 0.393 e. The van der Waals surface area contributed by atoms with Crippen LogP contribution in [0.4, 0.5) is 16.2 Å². The van der Waals surface area contributed by atoms with Crippen molar-refractivity contribution in [2.45, 2.75) is 19.4 Å². The van der Waals surface area contributed by atoms with Crippen molar-refractivity contribution in [1.82, 2.24) is 9.97 Å². The molecule has 88 valence electrons. The van der Waals surface area contributed by atoms with Gasteiger partial charge < -0.3 is 15.7 Å². The fraction of sp³-hybridized carbons (Fsp3) is 0.600. The molecule has 1 saturated heterocycles. The van der Waals surface area contributed by atoms with E-state index in [2.05, 4.69) is 9.97 Å². The molecule has 3 N–H and O–H groups in total. The lowest BCUT2D eigenvalue weighted by atomic mass is 9.97. The average Bonchev–Trinajstić information content (AvgIpc) is 2.26. The molecule has 16 heavy (non-hydrogen) atoms. The molecule has 0 radical (unpaired) electrons. The molecule has 2 unspecified atom stereocenters. The molecule has 0 aromatic carbocycles. The van der Waals surface area contributed by atoms with E-state index in [9.17, 15) is 9.50 Å². The highest BCUT2D eigenvalue weighted by Crippen LogP contribution is 2.23. The molecule has 1 aromatic rings. The van der Waals surface area contributed by atoms with Crippen LogP contribution in [0, 0.1) is 11.7 Å². The van der Waals surface area contributed by atoms with E-state index in [0.29, 0.717) is 19.5 Å². The van der Waals surface area contributed by atoms with Crippen molar-refractivity contribution in [3.8, 4) is 0 Å². The zero-order valence-electron chi connectivity index (χ0n) is 9.10. The summed E-state index contributed by atoms with van der Waals surface area (Å²) in [5, 5.41) is 9.59. The van der Waals surface area contributed by atoms with Crippen molar-refractivity contribution < 1.29 is 9.50 Å². The van der Waals surface area contributed by atoms with Crippen molar-refractivity contribution in [2.75, 3.05) is 23.7 Å².